The average Bonchev–Trinajstić information content (AvgIpc) is 2.60. The Morgan fingerprint density at radius 3 is 2.60 bits per heavy atom. The molecule has 2 aliphatic heterocycles. The molecule has 25 heavy (non-hydrogen) atoms. The molecule has 0 aliphatic carbocycles. The predicted molar refractivity (Wildman–Crippen MR) is 95.2 cm³/mol. The first-order valence-electron chi connectivity index (χ1n) is 7.78. The highest BCUT2D eigenvalue weighted by Gasteiger charge is 2.33. The summed E-state index contributed by atoms with van der Waals surface area (Å²) < 4.78 is 38.0. The minimum Gasteiger partial charge on any atom is -0.495 e. The summed E-state index contributed by atoms with van der Waals surface area (Å²) in [6.07, 6.45) is 1.52. The lowest BCUT2D eigenvalue weighted by Gasteiger charge is -2.31. The maximum absolute atomic E-state index is 13.0. The molecule has 0 unspecified atom stereocenters. The first-order chi connectivity index (χ1) is 11.5. The number of nitrogens with one attached hydrogen (secondary N) is 2. The summed E-state index contributed by atoms with van der Waals surface area (Å²) in [5.74, 6) is 0.240. The number of carbonyl (C=O) groups is 1. The monoisotopic (exact) mass is 391 g/mol. The Morgan fingerprint density at radius 1 is 1.32 bits per heavy atom. The molecule has 1 fully saturated rings. The van der Waals surface area contributed by atoms with Crippen LogP contribution in [-0.2, 0) is 14.8 Å². The second-order valence-electron chi connectivity index (χ2n) is 5.80. The zero-order valence-electron chi connectivity index (χ0n) is 14.1. The van der Waals surface area contributed by atoms with Gasteiger partial charge < -0.3 is 20.1 Å². The molecule has 140 valence electrons. The molecule has 0 saturated carbocycles. The highest BCUT2D eigenvalue weighted by atomic mass is 35.5. The van der Waals surface area contributed by atoms with Crippen molar-refractivity contribution in [1.82, 2.24) is 9.62 Å². The number of fused-ring (bicyclic) bond motifs is 1. The lowest BCUT2D eigenvalue weighted by molar-refractivity contribution is -0.118. The molecule has 1 saturated heterocycles. The van der Waals surface area contributed by atoms with E-state index in [1.54, 1.807) is 0 Å². The first-order valence-corrected chi connectivity index (χ1v) is 9.22. The van der Waals surface area contributed by atoms with Crippen LogP contribution in [0.3, 0.4) is 0 Å². The summed E-state index contributed by atoms with van der Waals surface area (Å²) in [6.45, 7) is 0.768. The van der Waals surface area contributed by atoms with Crippen LogP contribution in [-0.4, -0.2) is 58.5 Å². The van der Waals surface area contributed by atoms with Gasteiger partial charge in [-0.1, -0.05) is 0 Å². The van der Waals surface area contributed by atoms with Crippen molar-refractivity contribution in [2.24, 2.45) is 0 Å². The fourth-order valence-corrected chi connectivity index (χ4v) is 4.60. The van der Waals surface area contributed by atoms with Gasteiger partial charge in [-0.05, 0) is 19.9 Å². The third-order valence-corrected chi connectivity index (χ3v) is 6.30. The molecule has 1 aromatic carbocycles. The van der Waals surface area contributed by atoms with E-state index in [4.69, 9.17) is 9.47 Å². The SMILES string of the molecule is CNC1CCN(S(=O)(=O)c2cc3c(cc2OC)NC(=O)CO3)CC1.Cl. The number of rotatable bonds is 4. The molecule has 0 atom stereocenters. The van der Waals surface area contributed by atoms with E-state index < -0.39 is 10.0 Å². The van der Waals surface area contributed by atoms with E-state index in [1.165, 1.54) is 23.5 Å². The Hall–Kier alpha value is -1.55. The Labute approximate surface area is 153 Å². The van der Waals surface area contributed by atoms with Gasteiger partial charge in [0.15, 0.2) is 6.61 Å². The lowest BCUT2D eigenvalue weighted by atomic mass is 10.1. The van der Waals surface area contributed by atoms with Gasteiger partial charge in [0, 0.05) is 31.3 Å². The molecule has 2 aliphatic rings. The first kappa shape index (κ1) is 19.8. The summed E-state index contributed by atoms with van der Waals surface area (Å²) in [5, 5.41) is 5.82. The van der Waals surface area contributed by atoms with Gasteiger partial charge in [-0.15, -0.1) is 12.4 Å². The van der Waals surface area contributed by atoms with Crippen LogP contribution in [0.4, 0.5) is 5.69 Å². The molecule has 2 N–H and O–H groups in total. The molecule has 8 nitrogen and oxygen atoms in total. The van der Waals surface area contributed by atoms with E-state index >= 15 is 0 Å². The van der Waals surface area contributed by atoms with E-state index in [0.29, 0.717) is 30.6 Å². The van der Waals surface area contributed by atoms with Gasteiger partial charge in [-0.3, -0.25) is 4.79 Å². The Morgan fingerprint density at radius 2 is 2.00 bits per heavy atom. The minimum absolute atomic E-state index is 0. The van der Waals surface area contributed by atoms with Gasteiger partial charge in [0.2, 0.25) is 10.0 Å². The van der Waals surface area contributed by atoms with Crippen molar-refractivity contribution >= 4 is 34.0 Å². The highest BCUT2D eigenvalue weighted by molar-refractivity contribution is 7.89. The van der Waals surface area contributed by atoms with Crippen LogP contribution in [0.25, 0.3) is 0 Å². The number of benzene rings is 1. The van der Waals surface area contributed by atoms with Crippen LogP contribution < -0.4 is 20.1 Å². The highest BCUT2D eigenvalue weighted by Crippen LogP contribution is 2.38. The van der Waals surface area contributed by atoms with Gasteiger partial charge in [-0.2, -0.15) is 4.31 Å². The van der Waals surface area contributed by atoms with Crippen LogP contribution in [0.2, 0.25) is 0 Å². The van der Waals surface area contributed by atoms with Crippen molar-refractivity contribution in [3.8, 4) is 11.5 Å². The molecular weight excluding hydrogens is 370 g/mol. The second-order valence-corrected chi connectivity index (χ2v) is 7.71. The number of nitrogens with zero attached hydrogens (tertiary/aromatic N) is 1. The molecule has 3 rings (SSSR count). The van der Waals surface area contributed by atoms with Crippen molar-refractivity contribution in [3.05, 3.63) is 12.1 Å². The van der Waals surface area contributed by atoms with Gasteiger partial charge in [0.1, 0.15) is 16.4 Å². The lowest BCUT2D eigenvalue weighted by Crippen LogP contribution is -2.43. The van der Waals surface area contributed by atoms with Crippen molar-refractivity contribution < 1.29 is 22.7 Å². The van der Waals surface area contributed by atoms with E-state index in [0.717, 1.165) is 12.8 Å². The van der Waals surface area contributed by atoms with E-state index in [1.807, 2.05) is 7.05 Å². The van der Waals surface area contributed by atoms with Gasteiger partial charge in [0.25, 0.3) is 5.91 Å². The maximum atomic E-state index is 13.0. The fourth-order valence-electron chi connectivity index (χ4n) is 2.97. The maximum Gasteiger partial charge on any atom is 0.262 e. The Balaban J connectivity index is 0.00000225. The Kier molecular flexibility index (Phi) is 6.15. The van der Waals surface area contributed by atoms with Crippen LogP contribution in [0.1, 0.15) is 12.8 Å². The third kappa shape index (κ3) is 3.84. The molecule has 0 bridgehead atoms. The number of piperidine rings is 1. The fraction of sp³-hybridized carbons (Fsp3) is 0.533. The van der Waals surface area contributed by atoms with Gasteiger partial charge in [-0.25, -0.2) is 8.42 Å². The number of methoxy groups -OCH3 is 1. The average molecular weight is 392 g/mol. The number of halogens is 1. The summed E-state index contributed by atoms with van der Waals surface area (Å²) in [5.41, 5.74) is 0.413. The standard InChI is InChI=1S/C15H21N3O5S.ClH/c1-16-10-3-5-18(6-4-10)24(20,21)14-8-12-11(7-13(14)22-2)17-15(19)9-23-12;/h7-8,10,16H,3-6,9H2,1-2H3,(H,17,19);1H. The minimum atomic E-state index is -3.70. The van der Waals surface area contributed by atoms with Crippen LogP contribution >= 0.6 is 12.4 Å². The molecule has 0 spiro atoms. The summed E-state index contributed by atoms with van der Waals surface area (Å²) in [7, 11) is -0.411. The number of amides is 1. The summed E-state index contributed by atoms with van der Waals surface area (Å²) in [6, 6.07) is 3.24. The van der Waals surface area contributed by atoms with E-state index in [2.05, 4.69) is 10.6 Å². The molecule has 0 radical (unpaired) electrons. The molecule has 0 aromatic heterocycles. The molecule has 1 aromatic rings. The van der Waals surface area contributed by atoms with Gasteiger partial charge >= 0.3 is 0 Å². The largest absolute Gasteiger partial charge is 0.495 e. The van der Waals surface area contributed by atoms with Crippen molar-refractivity contribution in [2.75, 3.05) is 39.2 Å². The molecular formula is C15H22ClN3O5S. The number of carbonyl (C=O) groups excluding carboxylic acids is 1. The molecule has 10 heteroatoms. The smallest absolute Gasteiger partial charge is 0.262 e. The van der Waals surface area contributed by atoms with Gasteiger partial charge in [0.05, 0.1) is 12.8 Å². The predicted octanol–water partition coefficient (Wildman–Crippen LogP) is 0.820. The zero-order valence-corrected chi connectivity index (χ0v) is 15.7. The quantitative estimate of drug-likeness (QED) is 0.788. The normalized spacial score (nSPS) is 18.6. The third-order valence-electron chi connectivity index (χ3n) is 4.38. The van der Waals surface area contributed by atoms with Crippen molar-refractivity contribution in [3.63, 3.8) is 0 Å². The number of hydrogen-bond acceptors (Lipinski definition) is 6. The second kappa shape index (κ2) is 7.77. The summed E-state index contributed by atoms with van der Waals surface area (Å²) in [4.78, 5) is 11.5. The van der Waals surface area contributed by atoms with Crippen molar-refractivity contribution in [2.45, 2.75) is 23.8 Å². The summed E-state index contributed by atoms with van der Waals surface area (Å²) >= 11 is 0. The van der Waals surface area contributed by atoms with Crippen LogP contribution in [0, 0.1) is 0 Å². The number of sulfonamides is 1. The molecule has 2 heterocycles. The van der Waals surface area contributed by atoms with Crippen molar-refractivity contribution in [1.29, 1.82) is 0 Å². The zero-order chi connectivity index (χ0) is 17.3. The number of ether oxygens (including phenoxy) is 2. The number of anilines is 1. The topological polar surface area (TPSA) is 97.0 Å². The van der Waals surface area contributed by atoms with Crippen LogP contribution in [0.5, 0.6) is 11.5 Å². The number of hydrogen-bond donors (Lipinski definition) is 2. The Bertz CT molecular complexity index is 748. The van der Waals surface area contributed by atoms with Crippen LogP contribution in [0.15, 0.2) is 17.0 Å². The molecule has 1 amide bonds. The van der Waals surface area contributed by atoms with E-state index in [-0.39, 0.29) is 35.6 Å². The van der Waals surface area contributed by atoms with E-state index in [9.17, 15) is 13.2 Å².